The Kier molecular flexibility index (Phi) is 7.33. The van der Waals surface area contributed by atoms with Crippen molar-refractivity contribution in [3.8, 4) is 11.3 Å². The van der Waals surface area contributed by atoms with Crippen LogP contribution in [0.4, 0.5) is 4.39 Å². The van der Waals surface area contributed by atoms with E-state index < -0.39 is 6.60 Å². The van der Waals surface area contributed by atoms with E-state index in [4.69, 9.17) is 9.97 Å². The van der Waals surface area contributed by atoms with Crippen molar-refractivity contribution in [1.29, 1.82) is 0 Å². The zero-order valence-corrected chi connectivity index (χ0v) is 20.6. The third-order valence-electron chi connectivity index (χ3n) is 7.69. The Morgan fingerprint density at radius 1 is 0.900 bits per heavy atom. The van der Waals surface area contributed by atoms with E-state index in [9.17, 15) is 4.39 Å². The second kappa shape index (κ2) is 9.43. The van der Waals surface area contributed by atoms with E-state index in [1.165, 1.54) is 74.4 Å². The summed E-state index contributed by atoms with van der Waals surface area (Å²) in [5, 5.41) is 0. The van der Waals surface area contributed by atoms with Crippen molar-refractivity contribution in [2.75, 3.05) is 18.5 Å². The van der Waals surface area contributed by atoms with Gasteiger partial charge in [0.05, 0.1) is 0 Å². The molecule has 0 amide bonds. The van der Waals surface area contributed by atoms with Crippen LogP contribution in [0, 0.1) is 12.7 Å². The van der Waals surface area contributed by atoms with Crippen LogP contribution in [0.5, 0.6) is 0 Å². The van der Waals surface area contributed by atoms with Crippen LogP contribution in [-0.4, -0.2) is 28.5 Å². The van der Waals surface area contributed by atoms with Crippen LogP contribution in [-0.2, 0) is 6.16 Å². The molecule has 2 heterocycles. The third kappa shape index (κ3) is 4.20. The molecule has 4 heteroatoms. The Bertz CT molecular complexity index is 838. The van der Waals surface area contributed by atoms with E-state index in [2.05, 4.69) is 27.7 Å². The van der Waals surface area contributed by atoms with Crippen molar-refractivity contribution >= 4 is 6.60 Å². The molecule has 2 aromatic rings. The number of hydrogen-bond acceptors (Lipinski definition) is 2. The molecular weight excluding hydrogens is 390 g/mol. The molecule has 1 aliphatic rings. The predicted octanol–water partition coefficient (Wildman–Crippen LogP) is 8.12. The summed E-state index contributed by atoms with van der Waals surface area (Å²) < 4.78 is 13.6. The van der Waals surface area contributed by atoms with Crippen LogP contribution in [0.15, 0.2) is 24.3 Å². The molecule has 1 unspecified atom stereocenters. The van der Waals surface area contributed by atoms with E-state index in [0.29, 0.717) is 5.66 Å². The Balaban J connectivity index is 2.18. The molecule has 0 bridgehead atoms. The van der Waals surface area contributed by atoms with Gasteiger partial charge in [0.15, 0.2) is 0 Å². The van der Waals surface area contributed by atoms with Gasteiger partial charge >= 0.3 is 183 Å². The summed E-state index contributed by atoms with van der Waals surface area (Å²) in [6, 6.07) is 6.89. The molecule has 3 rings (SSSR count). The Hall–Kier alpha value is -1.34. The number of fused-ring (bicyclic) bond motifs is 1. The molecule has 2 nitrogen and oxygen atoms in total. The molecule has 0 saturated carbocycles. The monoisotopic (exact) mass is 430 g/mol. The van der Waals surface area contributed by atoms with Gasteiger partial charge in [-0.3, -0.25) is 0 Å². The van der Waals surface area contributed by atoms with Crippen LogP contribution in [0.2, 0.25) is 0 Å². The summed E-state index contributed by atoms with van der Waals surface area (Å²) in [5.41, 5.74) is 5.32. The number of hydrogen-bond donors (Lipinski definition) is 0. The topological polar surface area (TPSA) is 25.8 Å². The first-order valence-corrected chi connectivity index (χ1v) is 15.1. The molecular formula is C26H40FN2P. The van der Waals surface area contributed by atoms with Gasteiger partial charge in [-0.15, -0.1) is 0 Å². The summed E-state index contributed by atoms with van der Waals surface area (Å²) in [6.45, 7) is 9.46. The van der Waals surface area contributed by atoms with Crippen LogP contribution in [0.3, 0.4) is 0 Å². The molecule has 1 aliphatic heterocycles. The average molecular weight is 431 g/mol. The second-order valence-electron chi connectivity index (χ2n) is 9.63. The van der Waals surface area contributed by atoms with Gasteiger partial charge in [0, 0.05) is 0 Å². The molecule has 1 atom stereocenters. The summed E-state index contributed by atoms with van der Waals surface area (Å²) in [5.74, 6) is 0.655. The number of benzene rings is 1. The Labute approximate surface area is 183 Å². The van der Waals surface area contributed by atoms with Crippen LogP contribution < -0.4 is 0 Å². The predicted molar refractivity (Wildman–Crippen MR) is 131 cm³/mol. The minimum absolute atomic E-state index is 0.192. The number of unbranched alkanes of at least 4 members (excludes halogenated alkanes) is 3. The fraction of sp³-hybridized carbons (Fsp3) is 0.615. The van der Waals surface area contributed by atoms with Crippen LogP contribution in [0.1, 0.15) is 89.0 Å². The Morgan fingerprint density at radius 3 is 1.93 bits per heavy atom. The summed E-state index contributed by atoms with van der Waals surface area (Å²) in [6.07, 6.45) is 13.1. The molecule has 30 heavy (non-hydrogen) atoms. The maximum atomic E-state index is 13.6. The molecule has 0 aliphatic carbocycles. The summed E-state index contributed by atoms with van der Waals surface area (Å²) in [7, 11) is 0. The normalized spacial score (nSPS) is 20.5. The molecule has 0 spiro atoms. The molecule has 1 aromatic heterocycles. The van der Waals surface area contributed by atoms with Gasteiger partial charge in [0.1, 0.15) is 0 Å². The third-order valence-corrected chi connectivity index (χ3v) is 15.9. The van der Waals surface area contributed by atoms with E-state index in [1.54, 1.807) is 12.1 Å². The fourth-order valence-electron chi connectivity index (χ4n) is 5.78. The van der Waals surface area contributed by atoms with Gasteiger partial charge in [-0.1, -0.05) is 0 Å². The van der Waals surface area contributed by atoms with Gasteiger partial charge in [0.2, 0.25) is 0 Å². The van der Waals surface area contributed by atoms with Gasteiger partial charge < -0.3 is 0 Å². The van der Waals surface area contributed by atoms with Gasteiger partial charge in [-0.2, -0.15) is 0 Å². The zero-order valence-electron chi connectivity index (χ0n) is 19.7. The van der Waals surface area contributed by atoms with Gasteiger partial charge in [0.25, 0.3) is 0 Å². The maximum absolute atomic E-state index is 13.6. The number of halogens is 1. The van der Waals surface area contributed by atoms with E-state index in [-0.39, 0.29) is 5.82 Å². The van der Waals surface area contributed by atoms with E-state index in [0.717, 1.165) is 17.1 Å². The number of aryl methyl sites for hydroxylation is 1. The molecule has 0 fully saturated rings. The van der Waals surface area contributed by atoms with Crippen molar-refractivity contribution in [3.05, 3.63) is 47.2 Å². The van der Waals surface area contributed by atoms with Crippen molar-refractivity contribution in [3.63, 3.8) is 0 Å². The number of rotatable bonds is 10. The van der Waals surface area contributed by atoms with Crippen LogP contribution in [0.25, 0.3) is 11.3 Å². The first-order valence-electron chi connectivity index (χ1n) is 12.0. The van der Waals surface area contributed by atoms with Crippen molar-refractivity contribution in [1.82, 2.24) is 9.97 Å². The standard InChI is InChI=1S/C26H40FN2P/c1-6-9-16-30(17-10-7-2,18-11-8-3)19-24-25(20(30)4)28-21(5)29-26(24)22-12-14-23(27)15-13-22/h12-15,20H,6-11,16-19H2,1-5H3. The minimum atomic E-state index is -2.03. The second-order valence-corrected chi connectivity index (χ2v) is 16.2. The Morgan fingerprint density at radius 2 is 1.43 bits per heavy atom. The molecule has 0 radical (unpaired) electrons. The van der Waals surface area contributed by atoms with E-state index >= 15 is 0 Å². The first-order chi connectivity index (χ1) is 14.4. The number of nitrogens with zero attached hydrogens (tertiary/aromatic N) is 2. The quantitative estimate of drug-likeness (QED) is 0.356. The van der Waals surface area contributed by atoms with Crippen molar-refractivity contribution in [2.24, 2.45) is 0 Å². The van der Waals surface area contributed by atoms with Gasteiger partial charge in [-0.25, -0.2) is 0 Å². The zero-order chi connectivity index (χ0) is 21.8. The van der Waals surface area contributed by atoms with Crippen molar-refractivity contribution in [2.45, 2.75) is 85.0 Å². The summed E-state index contributed by atoms with van der Waals surface area (Å²) in [4.78, 5) is 9.95. The molecule has 0 N–H and O–H groups in total. The number of aromatic nitrogens is 2. The van der Waals surface area contributed by atoms with E-state index in [1.807, 2.05) is 19.1 Å². The van der Waals surface area contributed by atoms with Crippen LogP contribution >= 0.6 is 6.60 Å². The first kappa shape index (κ1) is 23.3. The fourth-order valence-corrected chi connectivity index (χ4v) is 13.9. The average Bonchev–Trinajstić information content (AvgIpc) is 2.99. The summed E-state index contributed by atoms with van der Waals surface area (Å²) >= 11 is 0. The van der Waals surface area contributed by atoms with Crippen molar-refractivity contribution < 1.29 is 4.39 Å². The molecule has 1 aromatic carbocycles. The molecule has 166 valence electrons. The SMILES string of the molecule is CCCCP1(CCCC)(CCCC)Cc2c(-c3ccc(F)cc3)nc(C)nc2C1C. The van der Waals surface area contributed by atoms with Gasteiger partial charge in [-0.05, 0) is 0 Å². The molecule has 0 saturated heterocycles.